The Bertz CT molecular complexity index is 1170. The first kappa shape index (κ1) is 22.2. The Labute approximate surface area is 188 Å². The highest BCUT2D eigenvalue weighted by atomic mass is 16.2. The maximum atomic E-state index is 13.0. The van der Waals surface area contributed by atoms with E-state index < -0.39 is 0 Å². The average molecular weight is 436 g/mol. The number of carbonyl (C=O) groups is 1. The molecule has 2 aromatic heterocycles. The Hall–Kier alpha value is -2.96. The number of nitrogens with zero attached hydrogens (tertiary/aromatic N) is 4. The molecule has 0 saturated carbocycles. The van der Waals surface area contributed by atoms with Gasteiger partial charge in [0.1, 0.15) is 12.4 Å². The molecule has 1 aliphatic carbocycles. The van der Waals surface area contributed by atoms with E-state index in [0.717, 1.165) is 60.2 Å². The molecule has 0 saturated heterocycles. The molecule has 1 aliphatic rings. The number of para-hydroxylation sites is 2. The molecule has 32 heavy (non-hydrogen) atoms. The number of amides is 1. The lowest BCUT2D eigenvalue weighted by molar-refractivity contribution is -0.123. The van der Waals surface area contributed by atoms with Gasteiger partial charge in [-0.2, -0.15) is 5.10 Å². The van der Waals surface area contributed by atoms with Crippen LogP contribution in [0, 0.1) is 5.92 Å². The third kappa shape index (κ3) is 4.47. The number of hydrogen-bond donors (Lipinski definition) is 1. The molecule has 170 valence electrons. The van der Waals surface area contributed by atoms with Crippen LogP contribution >= 0.6 is 0 Å². The van der Waals surface area contributed by atoms with Crippen molar-refractivity contribution < 1.29 is 4.79 Å². The summed E-state index contributed by atoms with van der Waals surface area (Å²) in [5.41, 5.74) is 3.75. The first-order valence-electron chi connectivity index (χ1n) is 11.7. The molecule has 0 unspecified atom stereocenters. The van der Waals surface area contributed by atoms with Gasteiger partial charge in [0.2, 0.25) is 5.91 Å². The fraction of sp³-hybridized carbons (Fsp3) is 0.520. The minimum Gasteiger partial charge on any atom is -0.344 e. The molecule has 0 fully saturated rings. The largest absolute Gasteiger partial charge is 0.344 e. The molecule has 1 atom stereocenters. The van der Waals surface area contributed by atoms with Crippen molar-refractivity contribution in [2.45, 2.75) is 78.4 Å². The van der Waals surface area contributed by atoms with Gasteiger partial charge in [-0.3, -0.25) is 9.59 Å². The number of carbonyl (C=O) groups excluding carboxylic acids is 1. The van der Waals surface area contributed by atoms with E-state index in [1.54, 1.807) is 6.07 Å². The van der Waals surface area contributed by atoms with Gasteiger partial charge in [-0.05, 0) is 63.1 Å². The predicted octanol–water partition coefficient (Wildman–Crippen LogP) is 3.96. The molecule has 7 nitrogen and oxygen atoms in total. The molecule has 0 aliphatic heterocycles. The lowest BCUT2D eigenvalue weighted by atomic mass is 10.0. The summed E-state index contributed by atoms with van der Waals surface area (Å²) in [4.78, 5) is 30.5. The molecule has 0 radical (unpaired) electrons. The topological polar surface area (TPSA) is 81.8 Å². The zero-order chi connectivity index (χ0) is 22.8. The van der Waals surface area contributed by atoms with Crippen LogP contribution in [0.2, 0.25) is 0 Å². The third-order valence-electron chi connectivity index (χ3n) is 6.22. The Balaban J connectivity index is 1.61. The number of aryl methyl sites for hydroxylation is 2. The van der Waals surface area contributed by atoms with E-state index in [1.807, 2.05) is 18.2 Å². The number of fused-ring (bicyclic) bond motifs is 2. The highest BCUT2D eigenvalue weighted by molar-refractivity contribution is 5.78. The molecule has 7 heteroatoms. The highest BCUT2D eigenvalue weighted by Crippen LogP contribution is 2.28. The van der Waals surface area contributed by atoms with Gasteiger partial charge in [0.25, 0.3) is 5.56 Å². The fourth-order valence-corrected chi connectivity index (χ4v) is 4.60. The lowest BCUT2D eigenvalue weighted by Crippen LogP contribution is -2.39. The molecular formula is C25H33N5O2. The SMILES string of the molecule is CC(C)[C@@H](NC(=O)Cn1nc2c(cc1=O)CCCCC2)c1nc2ccccc2n1C(C)C. The van der Waals surface area contributed by atoms with E-state index >= 15 is 0 Å². The van der Waals surface area contributed by atoms with Crippen molar-refractivity contribution in [1.82, 2.24) is 24.6 Å². The second kappa shape index (κ2) is 9.27. The maximum Gasteiger partial charge on any atom is 0.267 e. The quantitative estimate of drug-likeness (QED) is 0.594. The van der Waals surface area contributed by atoms with Crippen LogP contribution in [-0.4, -0.2) is 25.2 Å². The summed E-state index contributed by atoms with van der Waals surface area (Å²) < 4.78 is 3.50. The number of rotatable bonds is 6. The number of benzene rings is 1. The minimum absolute atomic E-state index is 0.0861. The lowest BCUT2D eigenvalue weighted by Gasteiger charge is -2.25. The molecule has 2 heterocycles. The summed E-state index contributed by atoms with van der Waals surface area (Å²) in [7, 11) is 0. The summed E-state index contributed by atoms with van der Waals surface area (Å²) in [5.74, 6) is 0.742. The van der Waals surface area contributed by atoms with Crippen molar-refractivity contribution in [3.63, 3.8) is 0 Å². The number of hydrogen-bond acceptors (Lipinski definition) is 4. The van der Waals surface area contributed by atoms with E-state index in [4.69, 9.17) is 4.98 Å². The van der Waals surface area contributed by atoms with E-state index in [9.17, 15) is 9.59 Å². The molecule has 4 rings (SSSR count). The van der Waals surface area contributed by atoms with Gasteiger partial charge >= 0.3 is 0 Å². The zero-order valence-corrected chi connectivity index (χ0v) is 19.5. The van der Waals surface area contributed by atoms with Gasteiger partial charge in [0, 0.05) is 12.1 Å². The van der Waals surface area contributed by atoms with Crippen LogP contribution in [0.5, 0.6) is 0 Å². The molecule has 1 aromatic carbocycles. The maximum absolute atomic E-state index is 13.0. The summed E-state index contributed by atoms with van der Waals surface area (Å²) in [6.07, 6.45) is 5.07. The molecular weight excluding hydrogens is 402 g/mol. The Kier molecular flexibility index (Phi) is 6.44. The number of aromatic nitrogens is 4. The van der Waals surface area contributed by atoms with Crippen molar-refractivity contribution in [3.05, 3.63) is 57.8 Å². The summed E-state index contributed by atoms with van der Waals surface area (Å²) >= 11 is 0. The van der Waals surface area contributed by atoms with Crippen LogP contribution in [0.1, 0.15) is 76.1 Å². The van der Waals surface area contributed by atoms with E-state index in [1.165, 1.54) is 4.68 Å². The van der Waals surface area contributed by atoms with Crippen LogP contribution in [0.3, 0.4) is 0 Å². The minimum atomic E-state index is -0.270. The van der Waals surface area contributed by atoms with Gasteiger partial charge in [-0.25, -0.2) is 9.67 Å². The fourth-order valence-electron chi connectivity index (χ4n) is 4.60. The average Bonchev–Trinajstić information content (AvgIpc) is 2.99. The van der Waals surface area contributed by atoms with Gasteiger partial charge in [0.05, 0.1) is 22.8 Å². The first-order valence-corrected chi connectivity index (χ1v) is 11.7. The van der Waals surface area contributed by atoms with E-state index in [0.29, 0.717) is 0 Å². The Morgan fingerprint density at radius 3 is 2.59 bits per heavy atom. The summed E-state index contributed by atoms with van der Waals surface area (Å²) in [5, 5.41) is 7.68. The van der Waals surface area contributed by atoms with Crippen LogP contribution < -0.4 is 10.9 Å². The van der Waals surface area contributed by atoms with Gasteiger partial charge in [-0.15, -0.1) is 0 Å². The summed E-state index contributed by atoms with van der Waals surface area (Å²) in [6.45, 7) is 8.30. The van der Waals surface area contributed by atoms with Crippen molar-refractivity contribution in [2.75, 3.05) is 0 Å². The molecule has 3 aromatic rings. The highest BCUT2D eigenvalue weighted by Gasteiger charge is 2.26. The van der Waals surface area contributed by atoms with Gasteiger partial charge in [-0.1, -0.05) is 32.4 Å². The molecule has 1 N–H and O–H groups in total. The monoisotopic (exact) mass is 435 g/mol. The zero-order valence-electron chi connectivity index (χ0n) is 19.5. The predicted molar refractivity (Wildman–Crippen MR) is 126 cm³/mol. The summed E-state index contributed by atoms with van der Waals surface area (Å²) in [6, 6.07) is 9.63. The number of nitrogens with one attached hydrogen (secondary N) is 1. The Morgan fingerprint density at radius 2 is 1.84 bits per heavy atom. The normalized spacial score (nSPS) is 15.1. The number of imidazole rings is 1. The molecule has 0 spiro atoms. The van der Waals surface area contributed by atoms with Crippen molar-refractivity contribution in [2.24, 2.45) is 5.92 Å². The third-order valence-corrected chi connectivity index (χ3v) is 6.22. The standard InChI is InChI=1S/C25H33N5O2/c1-16(2)24(25-26-20-12-8-9-13-21(20)30(25)17(3)4)27-22(31)15-29-23(32)14-18-10-6-5-7-11-19(18)28-29/h8-9,12-14,16-17,24H,5-7,10-11,15H2,1-4H3,(H,27,31)/t24-/m1/s1. The van der Waals surface area contributed by atoms with Crippen molar-refractivity contribution in [1.29, 1.82) is 0 Å². The van der Waals surface area contributed by atoms with Gasteiger partial charge in [0.15, 0.2) is 0 Å². The second-order valence-electron chi connectivity index (χ2n) is 9.38. The second-order valence-corrected chi connectivity index (χ2v) is 9.38. The smallest absolute Gasteiger partial charge is 0.267 e. The van der Waals surface area contributed by atoms with Crippen LogP contribution in [0.15, 0.2) is 35.1 Å². The van der Waals surface area contributed by atoms with Crippen LogP contribution in [0.4, 0.5) is 0 Å². The van der Waals surface area contributed by atoms with Crippen LogP contribution in [-0.2, 0) is 24.2 Å². The molecule has 0 bridgehead atoms. The first-order chi connectivity index (χ1) is 15.3. The van der Waals surface area contributed by atoms with Crippen LogP contribution in [0.25, 0.3) is 11.0 Å². The van der Waals surface area contributed by atoms with Crippen molar-refractivity contribution >= 4 is 16.9 Å². The Morgan fingerprint density at radius 1 is 1.09 bits per heavy atom. The molecule has 1 amide bonds. The van der Waals surface area contributed by atoms with Gasteiger partial charge < -0.3 is 9.88 Å². The van der Waals surface area contributed by atoms with E-state index in [-0.39, 0.29) is 36.0 Å². The van der Waals surface area contributed by atoms with Crippen molar-refractivity contribution in [3.8, 4) is 0 Å². The van der Waals surface area contributed by atoms with E-state index in [2.05, 4.69) is 48.7 Å².